The Balaban J connectivity index is 1.39. The van der Waals surface area contributed by atoms with Crippen LogP contribution in [0.4, 0.5) is 16.2 Å². The molecule has 1 unspecified atom stereocenters. The van der Waals surface area contributed by atoms with E-state index >= 15 is 0 Å². The fourth-order valence-electron chi connectivity index (χ4n) is 4.21. The molecule has 8 nitrogen and oxygen atoms in total. The zero-order valence-electron chi connectivity index (χ0n) is 18.4. The minimum Gasteiger partial charge on any atom is -0.497 e. The van der Waals surface area contributed by atoms with Gasteiger partial charge < -0.3 is 20.3 Å². The first-order valence-corrected chi connectivity index (χ1v) is 10.8. The number of anilines is 2. The van der Waals surface area contributed by atoms with Gasteiger partial charge in [-0.1, -0.05) is 12.1 Å². The lowest BCUT2D eigenvalue weighted by atomic mass is 9.92. The SMILES string of the molecule is COc1ccc(C2(C)NC(=O)N(CC(=O)Nc3ccc(N4CCCCC4)cc3)C2=O)cc1. The summed E-state index contributed by atoms with van der Waals surface area (Å²) in [4.78, 5) is 41.4. The van der Waals surface area contributed by atoms with Gasteiger partial charge in [0, 0.05) is 24.5 Å². The van der Waals surface area contributed by atoms with Crippen LogP contribution in [0.25, 0.3) is 0 Å². The molecule has 0 aromatic heterocycles. The van der Waals surface area contributed by atoms with Crippen molar-refractivity contribution in [1.82, 2.24) is 10.2 Å². The summed E-state index contributed by atoms with van der Waals surface area (Å²) >= 11 is 0. The first kappa shape index (κ1) is 21.7. The number of benzene rings is 2. The first-order chi connectivity index (χ1) is 15.4. The number of ether oxygens (including phenoxy) is 1. The maximum Gasteiger partial charge on any atom is 0.325 e. The minimum atomic E-state index is -1.24. The third kappa shape index (κ3) is 4.26. The number of amides is 4. The number of nitrogens with one attached hydrogen (secondary N) is 2. The summed E-state index contributed by atoms with van der Waals surface area (Å²) in [5, 5.41) is 5.48. The monoisotopic (exact) mass is 436 g/mol. The number of piperidine rings is 1. The molecule has 2 aliphatic rings. The Bertz CT molecular complexity index is 1000. The van der Waals surface area contributed by atoms with Gasteiger partial charge in [0.25, 0.3) is 5.91 Å². The van der Waals surface area contributed by atoms with Gasteiger partial charge >= 0.3 is 6.03 Å². The number of hydrogen-bond donors (Lipinski definition) is 2. The Labute approximate surface area is 187 Å². The van der Waals surface area contributed by atoms with Gasteiger partial charge in [0.2, 0.25) is 5.91 Å². The average Bonchev–Trinajstić information content (AvgIpc) is 3.04. The molecule has 2 aliphatic heterocycles. The highest BCUT2D eigenvalue weighted by Gasteiger charge is 2.49. The molecule has 1 atom stereocenters. The zero-order valence-corrected chi connectivity index (χ0v) is 18.4. The molecular weight excluding hydrogens is 408 g/mol. The summed E-state index contributed by atoms with van der Waals surface area (Å²) in [7, 11) is 1.56. The van der Waals surface area contributed by atoms with Gasteiger partial charge in [-0.3, -0.25) is 14.5 Å². The summed E-state index contributed by atoms with van der Waals surface area (Å²) < 4.78 is 5.15. The second-order valence-corrected chi connectivity index (χ2v) is 8.32. The molecule has 0 bridgehead atoms. The molecule has 8 heteroatoms. The summed E-state index contributed by atoms with van der Waals surface area (Å²) in [5.41, 5.74) is 1.14. The van der Waals surface area contributed by atoms with E-state index in [1.54, 1.807) is 38.3 Å². The van der Waals surface area contributed by atoms with Crippen molar-refractivity contribution in [3.63, 3.8) is 0 Å². The van der Waals surface area contributed by atoms with Crippen molar-refractivity contribution >= 4 is 29.2 Å². The van der Waals surface area contributed by atoms with Gasteiger partial charge in [0.1, 0.15) is 17.8 Å². The molecule has 4 rings (SSSR count). The Kier molecular flexibility index (Phi) is 6.03. The lowest BCUT2D eigenvalue weighted by Crippen LogP contribution is -2.42. The van der Waals surface area contributed by atoms with Crippen LogP contribution in [0.2, 0.25) is 0 Å². The molecule has 2 heterocycles. The third-order valence-electron chi connectivity index (χ3n) is 6.12. The standard InChI is InChI=1S/C24H28N4O4/c1-24(17-6-12-20(32-2)13-7-17)22(30)28(23(31)26-24)16-21(29)25-18-8-10-19(11-9-18)27-14-4-3-5-15-27/h6-13H,3-5,14-16H2,1-2H3,(H,25,29)(H,26,31). The molecule has 2 fully saturated rings. The highest BCUT2D eigenvalue weighted by molar-refractivity contribution is 6.10. The van der Waals surface area contributed by atoms with Crippen molar-refractivity contribution < 1.29 is 19.1 Å². The number of rotatable bonds is 6. The quantitative estimate of drug-likeness (QED) is 0.679. The molecule has 2 aromatic carbocycles. The molecule has 0 radical (unpaired) electrons. The number of urea groups is 1. The molecule has 0 spiro atoms. The van der Waals surface area contributed by atoms with Crippen LogP contribution >= 0.6 is 0 Å². The second kappa shape index (κ2) is 8.90. The maximum atomic E-state index is 13.0. The molecule has 0 aliphatic carbocycles. The number of imide groups is 1. The molecular formula is C24H28N4O4. The molecule has 32 heavy (non-hydrogen) atoms. The van der Waals surface area contributed by atoms with Crippen molar-refractivity contribution in [3.8, 4) is 5.75 Å². The molecule has 2 aromatic rings. The summed E-state index contributed by atoms with van der Waals surface area (Å²) in [6.45, 7) is 3.37. The maximum absolute atomic E-state index is 13.0. The van der Waals surface area contributed by atoms with E-state index in [1.165, 1.54) is 19.3 Å². The Hall–Kier alpha value is -3.55. The molecule has 4 amide bonds. The fourth-order valence-corrected chi connectivity index (χ4v) is 4.21. The third-order valence-corrected chi connectivity index (χ3v) is 6.12. The first-order valence-electron chi connectivity index (χ1n) is 10.8. The lowest BCUT2D eigenvalue weighted by Gasteiger charge is -2.28. The second-order valence-electron chi connectivity index (χ2n) is 8.32. The van der Waals surface area contributed by atoms with Gasteiger partial charge in [0.15, 0.2) is 0 Å². The normalized spacial score (nSPS) is 20.8. The van der Waals surface area contributed by atoms with Crippen LogP contribution < -0.4 is 20.3 Å². The molecule has 2 N–H and O–H groups in total. The smallest absolute Gasteiger partial charge is 0.325 e. The summed E-state index contributed by atoms with van der Waals surface area (Å²) in [6, 6.07) is 14.0. The zero-order chi connectivity index (χ0) is 22.7. The van der Waals surface area contributed by atoms with Crippen molar-refractivity contribution in [2.75, 3.05) is 37.0 Å². The van der Waals surface area contributed by atoms with Crippen LogP contribution in [0.5, 0.6) is 5.75 Å². The van der Waals surface area contributed by atoms with Gasteiger partial charge in [-0.2, -0.15) is 0 Å². The van der Waals surface area contributed by atoms with Crippen molar-refractivity contribution in [2.45, 2.75) is 31.7 Å². The Morgan fingerprint density at radius 2 is 1.69 bits per heavy atom. The van der Waals surface area contributed by atoms with E-state index < -0.39 is 23.4 Å². The predicted octanol–water partition coefficient (Wildman–Crippen LogP) is 3.09. The summed E-state index contributed by atoms with van der Waals surface area (Å²) in [6.07, 6.45) is 3.66. The van der Waals surface area contributed by atoms with Crippen LogP contribution in [-0.2, 0) is 15.1 Å². The van der Waals surface area contributed by atoms with Crippen LogP contribution in [0.15, 0.2) is 48.5 Å². The van der Waals surface area contributed by atoms with E-state index in [9.17, 15) is 14.4 Å². The largest absolute Gasteiger partial charge is 0.497 e. The highest BCUT2D eigenvalue weighted by atomic mass is 16.5. The number of methoxy groups -OCH3 is 1. The average molecular weight is 437 g/mol. The fraction of sp³-hybridized carbons (Fsp3) is 0.375. The van der Waals surface area contributed by atoms with E-state index in [-0.39, 0.29) is 6.54 Å². The van der Waals surface area contributed by atoms with Crippen molar-refractivity contribution in [3.05, 3.63) is 54.1 Å². The van der Waals surface area contributed by atoms with E-state index in [4.69, 9.17) is 4.74 Å². The Morgan fingerprint density at radius 3 is 2.31 bits per heavy atom. The number of hydrogen-bond acceptors (Lipinski definition) is 5. The predicted molar refractivity (Wildman–Crippen MR) is 122 cm³/mol. The van der Waals surface area contributed by atoms with Crippen molar-refractivity contribution in [2.24, 2.45) is 0 Å². The minimum absolute atomic E-state index is 0.357. The Morgan fingerprint density at radius 1 is 1.03 bits per heavy atom. The number of carbonyl (C=O) groups is 3. The van der Waals surface area contributed by atoms with E-state index in [0.717, 1.165) is 23.7 Å². The van der Waals surface area contributed by atoms with Gasteiger partial charge in [-0.05, 0) is 68.1 Å². The van der Waals surface area contributed by atoms with Crippen molar-refractivity contribution in [1.29, 1.82) is 0 Å². The molecule has 168 valence electrons. The summed E-state index contributed by atoms with van der Waals surface area (Å²) in [5.74, 6) is -0.252. The van der Waals surface area contributed by atoms with E-state index in [1.807, 2.05) is 24.3 Å². The number of nitrogens with zero attached hydrogens (tertiary/aromatic N) is 2. The highest BCUT2D eigenvalue weighted by Crippen LogP contribution is 2.30. The van der Waals surface area contributed by atoms with Crippen LogP contribution in [-0.4, -0.2) is 49.5 Å². The molecule has 2 saturated heterocycles. The van der Waals surface area contributed by atoms with Gasteiger partial charge in [-0.25, -0.2) is 4.79 Å². The van der Waals surface area contributed by atoms with Crippen LogP contribution in [0.3, 0.4) is 0 Å². The lowest BCUT2D eigenvalue weighted by molar-refractivity contribution is -0.133. The molecule has 0 saturated carbocycles. The van der Waals surface area contributed by atoms with E-state index in [2.05, 4.69) is 15.5 Å². The number of carbonyl (C=O) groups excluding carboxylic acids is 3. The van der Waals surface area contributed by atoms with Crippen LogP contribution in [0.1, 0.15) is 31.7 Å². The van der Waals surface area contributed by atoms with Gasteiger partial charge in [-0.15, -0.1) is 0 Å². The topological polar surface area (TPSA) is 91.0 Å². The van der Waals surface area contributed by atoms with Crippen LogP contribution in [0, 0.1) is 0 Å². The van der Waals surface area contributed by atoms with E-state index in [0.29, 0.717) is 17.0 Å². The van der Waals surface area contributed by atoms with Gasteiger partial charge in [0.05, 0.1) is 7.11 Å².